The smallest absolute Gasteiger partial charge is 0.149 e. The molecule has 324 valence electrons. The van der Waals surface area contributed by atoms with Gasteiger partial charge in [-0.1, -0.05) is 171 Å². The van der Waals surface area contributed by atoms with Gasteiger partial charge < -0.3 is 5.11 Å². The summed E-state index contributed by atoms with van der Waals surface area (Å²) in [6, 6.07) is 38.6. The summed E-state index contributed by atoms with van der Waals surface area (Å²) in [4.78, 5) is 10.1. The zero-order valence-electron chi connectivity index (χ0n) is 53.1. The molecule has 2 heterocycles. The summed E-state index contributed by atoms with van der Waals surface area (Å²) in [6.45, 7) is -1.62. The minimum absolute atomic E-state index is 0.0611. The normalized spacial score (nSPS) is 16.6. The van der Waals surface area contributed by atoms with Crippen molar-refractivity contribution in [1.29, 1.82) is 0 Å². The minimum Gasteiger partial charge on any atom is -0.507 e. The molecule has 0 saturated carbocycles. The van der Waals surface area contributed by atoms with Gasteiger partial charge in [0.25, 0.3) is 0 Å². The van der Waals surface area contributed by atoms with Gasteiger partial charge in [0.05, 0.1) is 33.5 Å². The van der Waals surface area contributed by atoms with Crippen LogP contribution in [-0.4, -0.2) is 19.6 Å². The number of phenols is 1. The lowest BCUT2D eigenvalue weighted by molar-refractivity contribution is 0.477. The molecule has 0 aliphatic rings. The lowest BCUT2D eigenvalue weighted by atomic mass is 9.83. The van der Waals surface area contributed by atoms with Crippen LogP contribution in [0.4, 0.5) is 0 Å². The fourth-order valence-corrected chi connectivity index (χ4v) is 8.18. The average molecular weight is 866 g/mol. The quantitative estimate of drug-likeness (QED) is 0.174. The monoisotopic (exact) mass is 866 g/mol. The van der Waals surface area contributed by atoms with Gasteiger partial charge in [0, 0.05) is 39.3 Å². The molecule has 0 radical (unpaired) electrons. The number of phenolic OH excluding ortho intramolecular Hbond substituents is 1. The van der Waals surface area contributed by atoms with Crippen LogP contribution in [0.25, 0.3) is 83.9 Å². The average Bonchev–Trinajstić information content (AvgIpc) is 3.84. The van der Waals surface area contributed by atoms with Crippen molar-refractivity contribution in [3.05, 3.63) is 192 Å². The first-order valence-electron chi connectivity index (χ1n) is 29.5. The molecule has 0 saturated heterocycles. The van der Waals surface area contributed by atoms with E-state index < -0.39 is 68.0 Å². The second kappa shape index (κ2) is 16.5. The van der Waals surface area contributed by atoms with E-state index >= 15 is 0 Å². The van der Waals surface area contributed by atoms with Gasteiger partial charge in [-0.25, -0.2) is 4.98 Å². The first-order chi connectivity index (χ1) is 37.6. The first kappa shape index (κ1) is 28.0. The number of aryl methyl sites for hydroxylation is 1. The van der Waals surface area contributed by atoms with Crippen molar-refractivity contribution in [2.24, 2.45) is 0 Å². The SMILES string of the molecule is [2H]c1c([2H])c(C(C([2H])([2H])[2H])(C([2H])([2H])[2H])C([2H])([2H])[2H])c([2H])c([2H])c1-c1ccnc(-c2cc(-c3cccc4c3nc(-c3ccccc3O)n4-c3cc(C([2H])([2H])[2H])c(-c4ccc(C(C)(C)C)cc4)cc3-c3ccccc3)cc(C(C)(C)C)c2)c1. The molecule has 9 rings (SSSR count). The van der Waals surface area contributed by atoms with Gasteiger partial charge in [0.2, 0.25) is 0 Å². The standard InChI is InChI=1S/C61H59N3O/c1-39-33-55(52(41-17-12-11-13-18-41)38-51(39)42-25-29-47(30-26-42)60(5,6)7)64-54-21-16-20-49(57(54)63-58(64)50-19-14-15-22-56(50)65)44-34-45(36-48(35-44)61(8,9)10)53-37-43(31-32-62-53)40-23-27-46(28-24-40)59(2,3)4/h11-38,65H,1-10H3/i1D3,2D3,3D3,4D3,23D,24D,27D,28D. The predicted molar refractivity (Wildman–Crippen MR) is 274 cm³/mol. The number of hydrogen-bond acceptors (Lipinski definition) is 3. The predicted octanol–water partition coefficient (Wildman–Crippen LogP) is 16.3. The van der Waals surface area contributed by atoms with Crippen molar-refractivity contribution in [3.63, 3.8) is 0 Å². The summed E-state index contributed by atoms with van der Waals surface area (Å²) in [5, 5.41) is 11.6. The second-order valence-corrected chi connectivity index (χ2v) is 18.5. The van der Waals surface area contributed by atoms with Crippen LogP contribution in [0.5, 0.6) is 5.75 Å². The molecule has 1 N–H and O–H groups in total. The lowest BCUT2D eigenvalue weighted by Gasteiger charge is -2.22. The van der Waals surface area contributed by atoms with Crippen molar-refractivity contribution in [1.82, 2.24) is 14.5 Å². The van der Waals surface area contributed by atoms with Gasteiger partial charge in [-0.15, -0.1) is 0 Å². The number of pyridine rings is 1. The van der Waals surface area contributed by atoms with Crippen molar-refractivity contribution in [2.45, 2.75) is 85.2 Å². The van der Waals surface area contributed by atoms with Crippen molar-refractivity contribution < 1.29 is 27.0 Å². The molecular weight excluding hydrogens is 791 g/mol. The molecule has 65 heavy (non-hydrogen) atoms. The Hall–Kier alpha value is -7.04. The number of aromatic hydroxyl groups is 1. The zero-order chi connectivity index (χ0) is 59.3. The van der Waals surface area contributed by atoms with Crippen molar-refractivity contribution in [3.8, 4) is 78.6 Å². The van der Waals surface area contributed by atoms with Gasteiger partial charge in [0.1, 0.15) is 11.6 Å². The molecule has 0 atom stereocenters. The highest BCUT2D eigenvalue weighted by Gasteiger charge is 2.25. The fourth-order valence-electron chi connectivity index (χ4n) is 8.18. The molecule has 4 heteroatoms. The molecule has 0 aliphatic heterocycles. The maximum atomic E-state index is 11.6. The Bertz CT molecular complexity index is 3830. The summed E-state index contributed by atoms with van der Waals surface area (Å²) in [5.41, 5.74) is 3.04. The van der Waals surface area contributed by atoms with Crippen LogP contribution in [0.2, 0.25) is 0 Å². The summed E-state index contributed by atoms with van der Waals surface area (Å²) >= 11 is 0. The Morgan fingerprint density at radius 2 is 1.18 bits per heavy atom. The highest BCUT2D eigenvalue weighted by atomic mass is 16.3. The third-order valence-electron chi connectivity index (χ3n) is 11.8. The van der Waals surface area contributed by atoms with Gasteiger partial charge in [0.15, 0.2) is 0 Å². The van der Waals surface area contributed by atoms with Crippen LogP contribution in [-0.2, 0) is 16.2 Å². The van der Waals surface area contributed by atoms with E-state index in [0.29, 0.717) is 61.6 Å². The van der Waals surface area contributed by atoms with Gasteiger partial charge >= 0.3 is 0 Å². The summed E-state index contributed by atoms with van der Waals surface area (Å²) in [7, 11) is 0. The Morgan fingerprint density at radius 1 is 0.508 bits per heavy atom. The number of aromatic nitrogens is 3. The van der Waals surface area contributed by atoms with E-state index in [9.17, 15) is 5.11 Å². The number of nitrogens with zero attached hydrogens (tertiary/aromatic N) is 3. The number of hydrogen-bond donors (Lipinski definition) is 1. The Labute approximate surface area is 407 Å². The first-order valence-corrected chi connectivity index (χ1v) is 21.5. The third-order valence-corrected chi connectivity index (χ3v) is 11.8. The molecule has 0 spiro atoms. The Balaban J connectivity index is 1.29. The summed E-state index contributed by atoms with van der Waals surface area (Å²) in [5.74, 6) is 0.266. The molecule has 7 aromatic carbocycles. The molecule has 0 amide bonds. The van der Waals surface area contributed by atoms with Crippen LogP contribution in [0.1, 0.15) is 106 Å². The van der Waals surface area contributed by atoms with E-state index in [1.807, 2.05) is 122 Å². The summed E-state index contributed by atoms with van der Waals surface area (Å²) < 4.78 is 139. The molecule has 2 aromatic heterocycles. The van der Waals surface area contributed by atoms with Gasteiger partial charge in [-0.2, -0.15) is 0 Å². The maximum absolute atomic E-state index is 11.6. The van der Waals surface area contributed by atoms with E-state index in [1.165, 1.54) is 18.3 Å². The van der Waals surface area contributed by atoms with Gasteiger partial charge in [-0.05, 0) is 133 Å². The number of fused-ring (bicyclic) bond motifs is 1. The van der Waals surface area contributed by atoms with Crippen molar-refractivity contribution in [2.75, 3.05) is 0 Å². The number of rotatable bonds is 7. The van der Waals surface area contributed by atoms with Crippen LogP contribution < -0.4 is 0 Å². The highest BCUT2D eigenvalue weighted by molar-refractivity contribution is 5.98. The van der Waals surface area contributed by atoms with E-state index in [-0.39, 0.29) is 27.9 Å². The van der Waals surface area contributed by atoms with E-state index in [0.717, 1.165) is 22.3 Å². The fraction of sp³-hybridized carbons (Fsp3) is 0.213. The van der Waals surface area contributed by atoms with Crippen LogP contribution in [0, 0.1) is 6.85 Å². The third kappa shape index (κ3) is 8.54. The van der Waals surface area contributed by atoms with Crippen LogP contribution in [0.15, 0.2) is 170 Å². The van der Waals surface area contributed by atoms with E-state index in [2.05, 4.69) is 20.8 Å². The molecule has 0 fully saturated rings. The number of benzene rings is 7. The largest absolute Gasteiger partial charge is 0.507 e. The topological polar surface area (TPSA) is 50.9 Å². The molecule has 4 nitrogen and oxygen atoms in total. The second-order valence-electron chi connectivity index (χ2n) is 18.5. The minimum atomic E-state index is -3.83. The van der Waals surface area contributed by atoms with Crippen LogP contribution in [0.3, 0.4) is 0 Å². The summed E-state index contributed by atoms with van der Waals surface area (Å²) in [6.07, 6.45) is 1.40. The molecule has 0 bridgehead atoms. The molecule has 0 unspecified atom stereocenters. The molecular formula is C61H59N3O. The Kier molecular flexibility index (Phi) is 7.11. The maximum Gasteiger partial charge on any atom is 0.149 e. The highest BCUT2D eigenvalue weighted by Crippen LogP contribution is 2.43. The molecule has 0 aliphatic carbocycles. The van der Waals surface area contributed by atoms with E-state index in [4.69, 9.17) is 31.9 Å². The lowest BCUT2D eigenvalue weighted by Crippen LogP contribution is -2.11. The molecule has 9 aromatic rings. The van der Waals surface area contributed by atoms with Gasteiger partial charge in [-0.3, -0.25) is 9.55 Å². The Morgan fingerprint density at radius 3 is 1.88 bits per heavy atom. The van der Waals surface area contributed by atoms with Crippen LogP contribution >= 0.6 is 0 Å². The number of para-hydroxylation sites is 2. The number of imidazole rings is 1. The van der Waals surface area contributed by atoms with Crippen molar-refractivity contribution >= 4 is 11.0 Å². The van der Waals surface area contributed by atoms with E-state index in [1.54, 1.807) is 30.3 Å². The zero-order valence-corrected chi connectivity index (χ0v) is 37.1.